The van der Waals surface area contributed by atoms with Crippen LogP contribution in [0.5, 0.6) is 0 Å². The first-order chi connectivity index (χ1) is 15.0. The minimum Gasteiger partial charge on any atom is -0.351 e. The van der Waals surface area contributed by atoms with Crippen molar-refractivity contribution in [2.75, 3.05) is 31.1 Å². The first kappa shape index (κ1) is 19.5. The second-order valence-electron chi connectivity index (χ2n) is 10.6. The second-order valence-corrected chi connectivity index (χ2v) is 10.6. The van der Waals surface area contributed by atoms with Crippen LogP contribution in [0.4, 0.5) is 5.82 Å². The van der Waals surface area contributed by atoms with Gasteiger partial charge in [-0.25, -0.2) is 0 Å². The fraction of sp³-hybridized carbons (Fsp3) is 0.640. The highest BCUT2D eigenvalue weighted by atomic mass is 15.3. The molecule has 0 amide bonds. The van der Waals surface area contributed by atoms with E-state index >= 15 is 0 Å². The molecule has 4 heterocycles. The van der Waals surface area contributed by atoms with Crippen LogP contribution in [0.2, 0.25) is 0 Å². The number of aryl methyl sites for hydroxylation is 2. The van der Waals surface area contributed by atoms with Crippen molar-refractivity contribution in [3.63, 3.8) is 0 Å². The first-order valence-corrected chi connectivity index (χ1v) is 12.1. The van der Waals surface area contributed by atoms with Gasteiger partial charge in [0.15, 0.2) is 5.82 Å². The van der Waals surface area contributed by atoms with Gasteiger partial charge in [0.25, 0.3) is 0 Å². The maximum absolute atomic E-state index is 4.65. The van der Waals surface area contributed by atoms with Crippen molar-refractivity contribution in [1.29, 1.82) is 0 Å². The fourth-order valence-electron chi connectivity index (χ4n) is 6.95. The van der Waals surface area contributed by atoms with Gasteiger partial charge >= 0.3 is 0 Å². The summed E-state index contributed by atoms with van der Waals surface area (Å²) in [5.41, 5.74) is 4.84. The molecular weight excluding hydrogens is 384 g/mol. The molecule has 1 saturated carbocycles. The van der Waals surface area contributed by atoms with Gasteiger partial charge in [-0.3, -0.25) is 4.68 Å². The third-order valence-electron chi connectivity index (χ3n) is 8.30. The van der Waals surface area contributed by atoms with Gasteiger partial charge in [0.05, 0.1) is 11.9 Å². The van der Waals surface area contributed by atoms with Crippen LogP contribution in [-0.4, -0.2) is 57.1 Å². The molecule has 2 aliphatic carbocycles. The number of aromatic nitrogens is 4. The predicted molar refractivity (Wildman–Crippen MR) is 123 cm³/mol. The molecule has 2 aliphatic heterocycles. The van der Waals surface area contributed by atoms with Gasteiger partial charge in [-0.1, -0.05) is 18.6 Å². The number of nitrogens with zero attached hydrogens (tertiary/aromatic N) is 6. The minimum absolute atomic E-state index is 0.589. The van der Waals surface area contributed by atoms with E-state index in [0.717, 1.165) is 53.0 Å². The quantitative estimate of drug-likeness (QED) is 0.709. The highest BCUT2D eigenvalue weighted by Crippen LogP contribution is 2.45. The van der Waals surface area contributed by atoms with Crippen LogP contribution in [-0.2, 0) is 7.05 Å². The van der Waals surface area contributed by atoms with Crippen LogP contribution in [0.15, 0.2) is 30.0 Å². The maximum atomic E-state index is 4.65. The summed E-state index contributed by atoms with van der Waals surface area (Å²) in [5.74, 6) is 4.39. The average Bonchev–Trinajstić information content (AvgIpc) is 3.47. The van der Waals surface area contributed by atoms with E-state index in [4.69, 9.17) is 0 Å². The average molecular weight is 419 g/mol. The van der Waals surface area contributed by atoms with Crippen LogP contribution in [0, 0.1) is 30.6 Å². The van der Waals surface area contributed by atoms with Gasteiger partial charge in [-0.2, -0.15) is 5.10 Å². The normalized spacial score (nSPS) is 32.5. The summed E-state index contributed by atoms with van der Waals surface area (Å²) in [7, 11) is 1.96. The van der Waals surface area contributed by atoms with E-state index in [1.165, 1.54) is 45.3 Å². The van der Waals surface area contributed by atoms with Crippen molar-refractivity contribution in [2.24, 2.45) is 30.7 Å². The molecule has 5 unspecified atom stereocenters. The smallest absolute Gasteiger partial charge is 0.151 e. The Balaban J connectivity index is 1.14. The van der Waals surface area contributed by atoms with E-state index in [1.807, 2.05) is 17.9 Å². The lowest BCUT2D eigenvalue weighted by Gasteiger charge is -2.30. The Morgan fingerprint density at radius 1 is 1.10 bits per heavy atom. The summed E-state index contributed by atoms with van der Waals surface area (Å²) in [6.07, 6.45) is 9.95. The molecule has 164 valence electrons. The van der Waals surface area contributed by atoms with Gasteiger partial charge in [0.1, 0.15) is 5.69 Å². The lowest BCUT2D eigenvalue weighted by molar-refractivity contribution is 0.224. The molecule has 2 aromatic rings. The van der Waals surface area contributed by atoms with Crippen molar-refractivity contribution in [2.45, 2.75) is 45.6 Å². The van der Waals surface area contributed by atoms with Gasteiger partial charge in [-0.15, -0.1) is 10.2 Å². The Kier molecular flexibility index (Phi) is 4.67. The molecule has 6 heteroatoms. The summed E-state index contributed by atoms with van der Waals surface area (Å²) in [5, 5.41) is 13.6. The third-order valence-corrected chi connectivity index (χ3v) is 8.30. The Morgan fingerprint density at radius 3 is 2.77 bits per heavy atom. The van der Waals surface area contributed by atoms with E-state index in [9.17, 15) is 0 Å². The molecule has 6 rings (SSSR count). The van der Waals surface area contributed by atoms with Gasteiger partial charge in [0, 0.05) is 39.3 Å². The molecule has 0 aromatic carbocycles. The Morgan fingerprint density at radius 2 is 2.00 bits per heavy atom. The lowest BCUT2D eigenvalue weighted by Crippen LogP contribution is -2.37. The molecule has 2 saturated heterocycles. The standard InChI is InChI=1S/C25H34N6/c1-16-8-18-10-20(9-16)21(11-18)14-30-13-19-6-7-31(23(19)15-30)24-5-4-22(27-28-24)25-17(2)12-26-29(25)3/h4-5,11-12,16,19-21,23H,6-10,13-15H2,1-3H3. The number of fused-ring (bicyclic) bond motifs is 3. The molecule has 6 nitrogen and oxygen atoms in total. The highest BCUT2D eigenvalue weighted by molar-refractivity contribution is 5.59. The fourth-order valence-corrected chi connectivity index (χ4v) is 6.95. The van der Waals surface area contributed by atoms with Gasteiger partial charge in [-0.05, 0) is 74.0 Å². The molecule has 2 bridgehead atoms. The summed E-state index contributed by atoms with van der Waals surface area (Å²) in [6, 6.07) is 4.86. The number of hydrogen-bond acceptors (Lipinski definition) is 5. The van der Waals surface area contributed by atoms with Crippen LogP contribution in [0.3, 0.4) is 0 Å². The molecule has 5 atom stereocenters. The first-order valence-electron chi connectivity index (χ1n) is 12.1. The van der Waals surface area contributed by atoms with Crippen LogP contribution in [0.1, 0.15) is 38.2 Å². The second kappa shape index (κ2) is 7.44. The summed E-state index contributed by atoms with van der Waals surface area (Å²) >= 11 is 0. The Bertz CT molecular complexity index is 972. The van der Waals surface area contributed by atoms with Crippen molar-refractivity contribution < 1.29 is 0 Å². The topological polar surface area (TPSA) is 50.1 Å². The van der Waals surface area contributed by atoms with Gasteiger partial charge < -0.3 is 9.80 Å². The SMILES string of the molecule is Cc1cnn(C)c1-c1ccc(N2CCC3CN(CC4C=C5CC(C)CC4C5)CC32)nn1. The monoisotopic (exact) mass is 418 g/mol. The number of likely N-dealkylation sites (tertiary alicyclic amines) is 1. The number of allylic oxidation sites excluding steroid dienone is 1. The van der Waals surface area contributed by atoms with Crippen molar-refractivity contribution in [3.8, 4) is 11.4 Å². The minimum atomic E-state index is 0.589. The molecule has 0 radical (unpaired) electrons. The maximum Gasteiger partial charge on any atom is 0.151 e. The number of hydrogen-bond donors (Lipinski definition) is 0. The summed E-state index contributed by atoms with van der Waals surface area (Å²) in [4.78, 5) is 5.26. The van der Waals surface area contributed by atoms with Crippen molar-refractivity contribution >= 4 is 5.82 Å². The van der Waals surface area contributed by atoms with Crippen LogP contribution < -0.4 is 4.90 Å². The molecule has 31 heavy (non-hydrogen) atoms. The van der Waals surface area contributed by atoms with Crippen molar-refractivity contribution in [1.82, 2.24) is 24.9 Å². The van der Waals surface area contributed by atoms with E-state index in [2.05, 4.69) is 57.2 Å². The zero-order chi connectivity index (χ0) is 21.1. The third kappa shape index (κ3) is 3.39. The van der Waals surface area contributed by atoms with E-state index < -0.39 is 0 Å². The molecule has 0 N–H and O–H groups in total. The molecule has 2 aromatic heterocycles. The highest BCUT2D eigenvalue weighted by Gasteiger charge is 2.43. The largest absolute Gasteiger partial charge is 0.351 e. The number of rotatable bonds is 4. The van der Waals surface area contributed by atoms with E-state index in [1.54, 1.807) is 5.57 Å². The predicted octanol–water partition coefficient (Wildman–Crippen LogP) is 3.69. The summed E-state index contributed by atoms with van der Waals surface area (Å²) in [6.45, 7) is 9.30. The lowest BCUT2D eigenvalue weighted by atomic mass is 9.80. The van der Waals surface area contributed by atoms with Crippen LogP contribution >= 0.6 is 0 Å². The Hall–Kier alpha value is -2.21. The molecule has 0 spiro atoms. The zero-order valence-corrected chi connectivity index (χ0v) is 19.0. The van der Waals surface area contributed by atoms with E-state index in [-0.39, 0.29) is 0 Å². The molecule has 4 aliphatic rings. The molecule has 3 fully saturated rings. The number of anilines is 1. The Labute approximate surface area is 185 Å². The summed E-state index contributed by atoms with van der Waals surface area (Å²) < 4.78 is 1.88. The van der Waals surface area contributed by atoms with Crippen LogP contribution in [0.25, 0.3) is 11.4 Å². The van der Waals surface area contributed by atoms with E-state index in [0.29, 0.717) is 6.04 Å². The van der Waals surface area contributed by atoms with Crippen molar-refractivity contribution in [3.05, 3.63) is 35.5 Å². The zero-order valence-electron chi connectivity index (χ0n) is 19.0. The van der Waals surface area contributed by atoms with Gasteiger partial charge in [0.2, 0.25) is 0 Å². The molecular formula is C25H34N6.